The van der Waals surface area contributed by atoms with Crippen molar-refractivity contribution in [3.63, 3.8) is 0 Å². The van der Waals surface area contributed by atoms with E-state index in [4.69, 9.17) is 0 Å². The minimum atomic E-state index is 0.00164. The minimum Gasteiger partial charge on any atom is -0.375 e. The molecule has 2 aromatic carbocycles. The van der Waals surface area contributed by atoms with Crippen molar-refractivity contribution in [1.82, 2.24) is 4.98 Å². The Morgan fingerprint density at radius 1 is 1.00 bits per heavy atom. The maximum atomic E-state index is 3.73. The topological polar surface area (TPSA) is 27.8 Å². The van der Waals surface area contributed by atoms with Crippen molar-refractivity contribution >= 4 is 28.2 Å². The van der Waals surface area contributed by atoms with Crippen molar-refractivity contribution in [3.05, 3.63) is 65.4 Å². The largest absolute Gasteiger partial charge is 0.375 e. The first-order valence-electron chi connectivity index (χ1n) is 7.44. The molecule has 1 unspecified atom stereocenters. The molecule has 102 valence electrons. The van der Waals surface area contributed by atoms with E-state index in [2.05, 4.69) is 71.8 Å². The lowest BCUT2D eigenvalue weighted by Crippen LogP contribution is -2.35. The van der Waals surface area contributed by atoms with Crippen LogP contribution in [0.3, 0.4) is 0 Å². The van der Waals surface area contributed by atoms with Crippen LogP contribution in [0.2, 0.25) is 0 Å². The van der Waals surface area contributed by atoms with Crippen molar-refractivity contribution in [1.29, 1.82) is 0 Å². The van der Waals surface area contributed by atoms with Crippen molar-refractivity contribution in [2.75, 3.05) is 5.32 Å². The van der Waals surface area contributed by atoms with Gasteiger partial charge in [-0.15, -0.1) is 0 Å². The highest BCUT2D eigenvalue weighted by molar-refractivity contribution is 6.02. The van der Waals surface area contributed by atoms with E-state index < -0.39 is 0 Å². The molecule has 3 aromatic rings. The molecular weight excluding hydrogens is 256 g/mol. The van der Waals surface area contributed by atoms with Gasteiger partial charge >= 0.3 is 0 Å². The average molecular weight is 272 g/mol. The summed E-state index contributed by atoms with van der Waals surface area (Å²) in [5.74, 6) is 0. The minimum absolute atomic E-state index is 0.00164. The second-order valence-electron chi connectivity index (χ2n) is 6.30. The molecule has 2 heterocycles. The van der Waals surface area contributed by atoms with Crippen LogP contribution < -0.4 is 5.32 Å². The molecule has 1 aliphatic heterocycles. The number of fused-ring (bicyclic) bond motifs is 6. The van der Waals surface area contributed by atoms with E-state index in [0.717, 1.165) is 6.42 Å². The van der Waals surface area contributed by atoms with E-state index in [0.29, 0.717) is 0 Å². The number of aromatic nitrogens is 1. The summed E-state index contributed by atoms with van der Waals surface area (Å²) in [7, 11) is 0. The molecule has 5 rings (SSSR count). The molecule has 1 aromatic heterocycles. The molecule has 0 amide bonds. The van der Waals surface area contributed by atoms with E-state index in [1.54, 1.807) is 0 Å². The molecule has 0 radical (unpaired) electrons. The Hall–Kier alpha value is -2.48. The van der Waals surface area contributed by atoms with Crippen LogP contribution in [0.25, 0.3) is 22.6 Å². The molecule has 2 N–H and O–H groups in total. The van der Waals surface area contributed by atoms with Crippen molar-refractivity contribution in [2.45, 2.75) is 18.9 Å². The third-order valence-corrected chi connectivity index (χ3v) is 4.89. The number of anilines is 1. The van der Waals surface area contributed by atoms with Gasteiger partial charge in [-0.3, -0.25) is 0 Å². The number of para-hydroxylation sites is 2. The quantitative estimate of drug-likeness (QED) is 0.621. The Balaban J connectivity index is 1.80. The fourth-order valence-corrected chi connectivity index (χ4v) is 3.90. The zero-order valence-electron chi connectivity index (χ0n) is 11.9. The van der Waals surface area contributed by atoms with Crippen molar-refractivity contribution in [2.24, 2.45) is 0 Å². The molecule has 0 saturated heterocycles. The van der Waals surface area contributed by atoms with Crippen LogP contribution in [-0.2, 0) is 6.42 Å². The summed E-state index contributed by atoms with van der Waals surface area (Å²) in [6.45, 7) is 2.31. The summed E-state index contributed by atoms with van der Waals surface area (Å²) in [5, 5.41) is 5.07. The molecule has 2 nitrogen and oxygen atoms in total. The highest BCUT2D eigenvalue weighted by atomic mass is 15.0. The molecule has 0 bridgehead atoms. The third-order valence-electron chi connectivity index (χ3n) is 4.89. The maximum Gasteiger partial charge on any atom is 0.0645 e. The Labute approximate surface area is 123 Å². The van der Waals surface area contributed by atoms with Gasteiger partial charge in [-0.1, -0.05) is 36.4 Å². The van der Waals surface area contributed by atoms with Gasteiger partial charge in [-0.05, 0) is 36.3 Å². The summed E-state index contributed by atoms with van der Waals surface area (Å²) < 4.78 is 0. The fourth-order valence-electron chi connectivity index (χ4n) is 3.90. The van der Waals surface area contributed by atoms with Crippen LogP contribution in [0.5, 0.6) is 0 Å². The summed E-state index contributed by atoms with van der Waals surface area (Å²) >= 11 is 0. The lowest BCUT2D eigenvalue weighted by molar-refractivity contribution is 0.664. The number of rotatable bonds is 0. The van der Waals surface area contributed by atoms with Crippen molar-refractivity contribution in [3.8, 4) is 0 Å². The van der Waals surface area contributed by atoms with Crippen LogP contribution in [0, 0.1) is 0 Å². The van der Waals surface area contributed by atoms with Gasteiger partial charge in [0.05, 0.1) is 5.54 Å². The molecule has 0 spiro atoms. The third kappa shape index (κ3) is 1.37. The normalized spacial score (nSPS) is 22.2. The Morgan fingerprint density at radius 3 is 2.76 bits per heavy atom. The van der Waals surface area contributed by atoms with Gasteiger partial charge in [-0.25, -0.2) is 0 Å². The zero-order chi connectivity index (χ0) is 14.0. The van der Waals surface area contributed by atoms with Crippen LogP contribution in [-0.4, -0.2) is 10.5 Å². The maximum absolute atomic E-state index is 3.73. The smallest absolute Gasteiger partial charge is 0.0645 e. The molecule has 2 aliphatic rings. The van der Waals surface area contributed by atoms with Crippen LogP contribution >= 0.6 is 0 Å². The van der Waals surface area contributed by atoms with E-state index in [9.17, 15) is 0 Å². The number of hydrogen-bond acceptors (Lipinski definition) is 1. The van der Waals surface area contributed by atoms with Crippen molar-refractivity contribution < 1.29 is 0 Å². The fraction of sp³-hybridized carbons (Fsp3) is 0.158. The van der Waals surface area contributed by atoms with Gasteiger partial charge in [0.1, 0.15) is 0 Å². The van der Waals surface area contributed by atoms with E-state index in [-0.39, 0.29) is 5.54 Å². The highest BCUT2D eigenvalue weighted by Crippen LogP contribution is 2.48. The molecule has 21 heavy (non-hydrogen) atoms. The lowest BCUT2D eigenvalue weighted by Gasteiger charge is -2.31. The number of aromatic amines is 1. The standard InChI is InChI=1S/C19H16N2/c1-19-11-14-12-6-2-4-8-16(12)20-18(14)10-15(19)13-7-3-5-9-17(13)21-19/h2-10,20-21H,11H2,1H3. The number of H-pyrrole nitrogens is 1. The SMILES string of the molecule is CC12Cc3c([nH]c4ccccc34)C=C1c1ccccc1N2. The molecule has 2 heteroatoms. The number of hydrogen-bond donors (Lipinski definition) is 2. The Kier molecular flexibility index (Phi) is 1.91. The highest BCUT2D eigenvalue weighted by Gasteiger charge is 2.40. The van der Waals surface area contributed by atoms with Gasteiger partial charge < -0.3 is 10.3 Å². The predicted molar refractivity (Wildman–Crippen MR) is 88.3 cm³/mol. The summed E-state index contributed by atoms with van der Waals surface area (Å²) in [4.78, 5) is 3.57. The Morgan fingerprint density at radius 2 is 1.81 bits per heavy atom. The first-order valence-corrected chi connectivity index (χ1v) is 7.44. The first-order chi connectivity index (χ1) is 10.2. The summed E-state index contributed by atoms with van der Waals surface area (Å²) in [6.07, 6.45) is 3.35. The van der Waals surface area contributed by atoms with E-state index >= 15 is 0 Å². The monoisotopic (exact) mass is 272 g/mol. The second-order valence-corrected chi connectivity index (χ2v) is 6.30. The number of benzene rings is 2. The average Bonchev–Trinajstić information content (AvgIpc) is 2.98. The second kappa shape index (κ2) is 3.59. The van der Waals surface area contributed by atoms with Gasteiger partial charge in [0, 0.05) is 34.3 Å². The first kappa shape index (κ1) is 11.2. The molecule has 0 saturated carbocycles. The zero-order valence-corrected chi connectivity index (χ0v) is 11.9. The van der Waals surface area contributed by atoms with Gasteiger partial charge in [0.2, 0.25) is 0 Å². The van der Waals surface area contributed by atoms with E-state index in [1.165, 1.54) is 39.0 Å². The molecule has 1 atom stereocenters. The van der Waals surface area contributed by atoms with Crippen LogP contribution in [0.1, 0.15) is 23.7 Å². The molecule has 1 aliphatic carbocycles. The summed E-state index contributed by atoms with van der Waals surface area (Å²) in [5.41, 5.74) is 7.92. The van der Waals surface area contributed by atoms with Crippen LogP contribution in [0.15, 0.2) is 48.5 Å². The van der Waals surface area contributed by atoms with Gasteiger partial charge in [0.15, 0.2) is 0 Å². The Bertz CT molecular complexity index is 916. The predicted octanol–water partition coefficient (Wildman–Crippen LogP) is 4.45. The van der Waals surface area contributed by atoms with Gasteiger partial charge in [0.25, 0.3) is 0 Å². The number of nitrogens with one attached hydrogen (secondary N) is 2. The van der Waals surface area contributed by atoms with Gasteiger partial charge in [-0.2, -0.15) is 0 Å². The summed E-state index contributed by atoms with van der Waals surface area (Å²) in [6, 6.07) is 17.2. The molecule has 0 fully saturated rings. The van der Waals surface area contributed by atoms with Crippen LogP contribution in [0.4, 0.5) is 5.69 Å². The lowest BCUT2D eigenvalue weighted by atomic mass is 9.79. The molecular formula is C19H16N2. The van der Waals surface area contributed by atoms with E-state index in [1.807, 2.05) is 0 Å².